The summed E-state index contributed by atoms with van der Waals surface area (Å²) in [6.45, 7) is 3.66. The van der Waals surface area contributed by atoms with Crippen molar-refractivity contribution in [3.8, 4) is 34.5 Å². The molecule has 0 atom stereocenters. The predicted molar refractivity (Wildman–Crippen MR) is 165 cm³/mol. The van der Waals surface area contributed by atoms with Crippen molar-refractivity contribution in [1.29, 1.82) is 0 Å². The number of rotatable bonds is 6. The lowest BCUT2D eigenvalue weighted by atomic mass is 9.58. The van der Waals surface area contributed by atoms with Crippen molar-refractivity contribution in [2.45, 2.75) is 18.9 Å². The Morgan fingerprint density at radius 2 is 1.81 bits per heavy atom. The van der Waals surface area contributed by atoms with Gasteiger partial charge in [0.1, 0.15) is 35.0 Å². The van der Waals surface area contributed by atoms with E-state index in [4.69, 9.17) is 10.5 Å². The van der Waals surface area contributed by atoms with Crippen LogP contribution in [0, 0.1) is 23.2 Å². The molecule has 2 aliphatic heterocycles. The highest BCUT2D eigenvalue weighted by Crippen LogP contribution is 2.51. The Kier molecular flexibility index (Phi) is 6.88. The third-order valence-electron chi connectivity index (χ3n) is 8.80. The number of aliphatic hydroxyl groups is 1. The third kappa shape index (κ3) is 5.24. The van der Waals surface area contributed by atoms with Gasteiger partial charge in [0, 0.05) is 62.7 Å². The van der Waals surface area contributed by atoms with E-state index in [2.05, 4.69) is 26.7 Å². The first kappa shape index (κ1) is 27.2. The Labute approximate surface area is 250 Å². The monoisotopic (exact) mass is 574 g/mol. The van der Waals surface area contributed by atoms with Crippen molar-refractivity contribution in [3.05, 3.63) is 78.8 Å². The molecule has 1 saturated carbocycles. The number of carbonyl (C=O) groups excluding carboxylic acids is 1. The van der Waals surface area contributed by atoms with Crippen molar-refractivity contribution >= 4 is 22.8 Å². The Morgan fingerprint density at radius 1 is 1.09 bits per heavy atom. The average Bonchev–Trinajstić information content (AvgIpc) is 3.23. The minimum Gasteiger partial charge on any atom is -0.457 e. The van der Waals surface area contributed by atoms with E-state index in [0.29, 0.717) is 25.5 Å². The molecule has 9 heteroatoms. The van der Waals surface area contributed by atoms with Gasteiger partial charge in [-0.15, -0.1) is 0 Å². The quantitative estimate of drug-likeness (QED) is 0.266. The highest BCUT2D eigenvalue weighted by atomic mass is 16.5. The van der Waals surface area contributed by atoms with Crippen LogP contribution in [0.25, 0.3) is 22.2 Å². The summed E-state index contributed by atoms with van der Waals surface area (Å²) in [5.74, 6) is 9.28. The van der Waals surface area contributed by atoms with E-state index < -0.39 is 0 Å². The number of carbonyl (C=O) groups is 1. The maximum atomic E-state index is 12.5. The number of benzene rings is 2. The van der Waals surface area contributed by atoms with Gasteiger partial charge in [0.05, 0.1) is 11.5 Å². The number of nitrogens with two attached hydrogens (primary N) is 1. The number of nitrogen functional groups attached to an aromatic ring is 1. The first-order chi connectivity index (χ1) is 20.9. The van der Waals surface area contributed by atoms with Gasteiger partial charge in [-0.05, 0) is 48.6 Å². The van der Waals surface area contributed by atoms with Crippen LogP contribution >= 0.6 is 0 Å². The summed E-state index contributed by atoms with van der Waals surface area (Å²) >= 11 is 0. The molecule has 43 heavy (non-hydrogen) atoms. The Balaban J connectivity index is 1.05. The molecule has 3 N–H and O–H groups in total. The summed E-state index contributed by atoms with van der Waals surface area (Å²) in [7, 11) is 1.96. The van der Waals surface area contributed by atoms with Crippen LogP contribution in [0.4, 0.5) is 5.82 Å². The third-order valence-corrected chi connectivity index (χ3v) is 8.80. The number of fused-ring (bicyclic) bond motifs is 1. The number of β-amino-alcohol motifs (C(OH)–C–C–N with tert-alkyl or cyclic N) is 1. The van der Waals surface area contributed by atoms with Crippen LogP contribution in [0.15, 0.2) is 73.1 Å². The molecule has 2 saturated heterocycles. The standard InChI is InChI=1S/C34H34N6O3/c1-38-28(14-9-23-16-34(17-23)20-40(21-34)29(42)8-5-15-39-18-25(41)19-39)30(31-32(35)36-22-37-33(31)38)24-10-12-27(13-11-24)43-26-6-3-2-4-7-26/h2-8,10-13,22-23,25,41H,15-21H2,1H3,(H2,35,36,37)/b8-5+. The molecule has 9 nitrogen and oxygen atoms in total. The molecule has 0 unspecified atom stereocenters. The highest BCUT2D eigenvalue weighted by Gasteiger charge is 2.52. The summed E-state index contributed by atoms with van der Waals surface area (Å²) in [6.07, 6.45) is 6.82. The minimum atomic E-state index is -0.222. The zero-order valence-corrected chi connectivity index (χ0v) is 24.1. The highest BCUT2D eigenvalue weighted by molar-refractivity contribution is 6.03. The molecule has 3 fully saturated rings. The van der Waals surface area contributed by atoms with E-state index in [9.17, 15) is 9.90 Å². The van der Waals surface area contributed by atoms with Crippen molar-refractivity contribution in [2.24, 2.45) is 18.4 Å². The molecule has 1 amide bonds. The molecular weight excluding hydrogens is 540 g/mol. The first-order valence-electron chi connectivity index (χ1n) is 14.7. The molecule has 2 aromatic heterocycles. The minimum absolute atomic E-state index is 0.0697. The molecule has 1 spiro atoms. The molecule has 7 rings (SSSR count). The van der Waals surface area contributed by atoms with Crippen molar-refractivity contribution in [2.75, 3.05) is 38.5 Å². The van der Waals surface area contributed by atoms with Gasteiger partial charge < -0.3 is 25.0 Å². The second-order valence-electron chi connectivity index (χ2n) is 12.0. The molecule has 4 heterocycles. The zero-order valence-electron chi connectivity index (χ0n) is 24.1. The van der Waals surface area contributed by atoms with Gasteiger partial charge in [0.2, 0.25) is 5.91 Å². The summed E-state index contributed by atoms with van der Waals surface area (Å²) < 4.78 is 7.99. The lowest BCUT2D eigenvalue weighted by Crippen LogP contribution is -2.63. The predicted octanol–water partition coefficient (Wildman–Crippen LogP) is 3.83. The SMILES string of the molecule is Cn1c(C#CC2CC3(C2)CN(C(=O)/C=C/CN2CC(O)C2)C3)c(-c2ccc(Oc3ccccc3)cc2)c2c(N)ncnc21. The number of nitrogens with zero attached hydrogens (tertiary/aromatic N) is 5. The lowest BCUT2D eigenvalue weighted by molar-refractivity contribution is -0.147. The molecule has 3 aliphatic rings. The number of para-hydroxylation sites is 1. The lowest BCUT2D eigenvalue weighted by Gasteiger charge is -2.57. The Bertz CT molecular complexity index is 1750. The molecule has 2 aromatic carbocycles. The topological polar surface area (TPSA) is 110 Å². The molecule has 218 valence electrons. The van der Waals surface area contributed by atoms with E-state index in [0.717, 1.165) is 65.3 Å². The molecule has 1 aliphatic carbocycles. The van der Waals surface area contributed by atoms with E-state index >= 15 is 0 Å². The largest absolute Gasteiger partial charge is 0.457 e. The molecule has 0 bridgehead atoms. The number of aromatic nitrogens is 3. The van der Waals surface area contributed by atoms with Crippen LogP contribution in [-0.4, -0.2) is 74.2 Å². The van der Waals surface area contributed by atoms with Gasteiger partial charge in [-0.3, -0.25) is 9.69 Å². The van der Waals surface area contributed by atoms with Crippen LogP contribution in [0.1, 0.15) is 18.5 Å². The van der Waals surface area contributed by atoms with Gasteiger partial charge in [0.25, 0.3) is 0 Å². The van der Waals surface area contributed by atoms with Crippen molar-refractivity contribution < 1.29 is 14.6 Å². The van der Waals surface area contributed by atoms with Gasteiger partial charge in [-0.1, -0.05) is 42.3 Å². The molecule has 0 radical (unpaired) electrons. The van der Waals surface area contributed by atoms with Crippen LogP contribution in [0.3, 0.4) is 0 Å². The van der Waals surface area contributed by atoms with Gasteiger partial charge in [0.15, 0.2) is 0 Å². The number of ether oxygens (including phenoxy) is 1. The Morgan fingerprint density at radius 3 is 2.53 bits per heavy atom. The fourth-order valence-corrected chi connectivity index (χ4v) is 6.55. The summed E-state index contributed by atoms with van der Waals surface area (Å²) in [5.41, 5.74) is 10.0. The fourth-order valence-electron chi connectivity index (χ4n) is 6.55. The number of likely N-dealkylation sites (tertiary alicyclic amines) is 2. The van der Waals surface area contributed by atoms with E-state index in [1.54, 1.807) is 6.08 Å². The normalized spacial score (nSPS) is 18.2. The van der Waals surface area contributed by atoms with Crippen molar-refractivity contribution in [1.82, 2.24) is 24.3 Å². The number of anilines is 1. The average molecular weight is 575 g/mol. The Hall–Kier alpha value is -4.65. The summed E-state index contributed by atoms with van der Waals surface area (Å²) in [6, 6.07) is 17.6. The first-order valence-corrected chi connectivity index (χ1v) is 14.7. The second-order valence-corrected chi connectivity index (χ2v) is 12.0. The smallest absolute Gasteiger partial charge is 0.246 e. The van der Waals surface area contributed by atoms with Crippen LogP contribution in [0.2, 0.25) is 0 Å². The fraction of sp³-hybridized carbons (Fsp3) is 0.324. The van der Waals surface area contributed by atoms with Gasteiger partial charge >= 0.3 is 0 Å². The van der Waals surface area contributed by atoms with Gasteiger partial charge in [-0.25, -0.2) is 9.97 Å². The molecule has 4 aromatic rings. The maximum absolute atomic E-state index is 12.5. The number of aryl methyl sites for hydroxylation is 1. The van der Waals surface area contributed by atoms with E-state index in [1.165, 1.54) is 6.33 Å². The maximum Gasteiger partial charge on any atom is 0.246 e. The number of hydrogen-bond donors (Lipinski definition) is 2. The number of amides is 1. The van der Waals surface area contributed by atoms with Crippen LogP contribution in [-0.2, 0) is 11.8 Å². The summed E-state index contributed by atoms with van der Waals surface area (Å²) in [5, 5.41) is 10.2. The van der Waals surface area contributed by atoms with Crippen molar-refractivity contribution in [3.63, 3.8) is 0 Å². The van der Waals surface area contributed by atoms with E-state index in [1.807, 2.05) is 77.2 Å². The zero-order chi connectivity index (χ0) is 29.6. The van der Waals surface area contributed by atoms with E-state index in [-0.39, 0.29) is 23.3 Å². The van der Waals surface area contributed by atoms with Crippen LogP contribution in [0.5, 0.6) is 11.5 Å². The number of hydrogen-bond acceptors (Lipinski definition) is 7. The second kappa shape index (κ2) is 10.9. The van der Waals surface area contributed by atoms with Crippen LogP contribution < -0.4 is 10.5 Å². The number of aliphatic hydroxyl groups excluding tert-OH is 1. The summed E-state index contributed by atoms with van der Waals surface area (Å²) in [4.78, 5) is 25.4. The molecular formula is C34H34N6O3. The van der Waals surface area contributed by atoms with Gasteiger partial charge in [-0.2, -0.15) is 0 Å².